The molecule has 0 bridgehead atoms. The minimum absolute atomic E-state index is 0.0869. The van der Waals surface area contributed by atoms with E-state index in [2.05, 4.69) is 10.1 Å². The first-order valence-electron chi connectivity index (χ1n) is 3.80. The van der Waals surface area contributed by atoms with Crippen molar-refractivity contribution in [3.63, 3.8) is 0 Å². The molecule has 0 saturated carbocycles. The van der Waals surface area contributed by atoms with E-state index in [9.17, 15) is 4.79 Å². The Morgan fingerprint density at radius 3 is 3.00 bits per heavy atom. The first-order chi connectivity index (χ1) is 5.25. The lowest BCUT2D eigenvalue weighted by molar-refractivity contribution is -0.146. The molecule has 0 unspecified atom stereocenters. The number of rotatable bonds is 1. The van der Waals surface area contributed by atoms with E-state index in [0.717, 1.165) is 13.0 Å². The number of hydrogen-bond donors (Lipinski definition) is 2. The van der Waals surface area contributed by atoms with Gasteiger partial charge in [0.2, 0.25) is 0 Å². The van der Waals surface area contributed by atoms with Crippen molar-refractivity contribution in [1.29, 1.82) is 0 Å². The largest absolute Gasteiger partial charge is 0.469 e. The predicted molar refractivity (Wildman–Crippen MR) is 41.0 cm³/mol. The second kappa shape index (κ2) is 3.69. The molecule has 0 amide bonds. The van der Waals surface area contributed by atoms with E-state index >= 15 is 0 Å². The van der Waals surface area contributed by atoms with Crippen molar-refractivity contribution in [2.24, 2.45) is 11.7 Å². The number of methoxy groups -OCH3 is 1. The van der Waals surface area contributed by atoms with Gasteiger partial charge >= 0.3 is 5.97 Å². The molecular formula is C7H14N2O2. The summed E-state index contributed by atoms with van der Waals surface area (Å²) in [5.41, 5.74) is 5.69. The van der Waals surface area contributed by atoms with Crippen LogP contribution in [0.1, 0.15) is 6.42 Å². The summed E-state index contributed by atoms with van der Waals surface area (Å²) in [4.78, 5) is 11.0. The van der Waals surface area contributed by atoms with E-state index in [4.69, 9.17) is 5.73 Å². The maximum absolute atomic E-state index is 11.0. The van der Waals surface area contributed by atoms with E-state index in [-0.39, 0.29) is 17.9 Å². The molecule has 1 aliphatic heterocycles. The predicted octanol–water partition coefficient (Wildman–Crippen LogP) is -0.904. The van der Waals surface area contributed by atoms with Crippen LogP contribution in [0.2, 0.25) is 0 Å². The molecule has 4 nitrogen and oxygen atoms in total. The van der Waals surface area contributed by atoms with Crippen molar-refractivity contribution in [3.8, 4) is 0 Å². The number of hydrogen-bond acceptors (Lipinski definition) is 4. The highest BCUT2D eigenvalue weighted by Crippen LogP contribution is 2.11. The number of carbonyl (C=O) groups excluding carboxylic acids is 1. The van der Waals surface area contributed by atoms with Gasteiger partial charge in [0.15, 0.2) is 0 Å². The molecule has 0 aromatic rings. The van der Waals surface area contributed by atoms with Crippen molar-refractivity contribution in [1.82, 2.24) is 5.32 Å². The Hall–Kier alpha value is -0.610. The normalized spacial score (nSPS) is 31.5. The lowest BCUT2D eigenvalue weighted by Crippen LogP contribution is -2.49. The Labute approximate surface area is 66.1 Å². The fraction of sp³-hybridized carbons (Fsp3) is 0.857. The molecule has 4 heteroatoms. The maximum Gasteiger partial charge on any atom is 0.310 e. The minimum Gasteiger partial charge on any atom is -0.469 e. The summed E-state index contributed by atoms with van der Waals surface area (Å²) in [6, 6.07) is -0.0869. The Kier molecular flexibility index (Phi) is 2.84. The Balaban J connectivity index is 2.47. The fourth-order valence-corrected chi connectivity index (χ4v) is 1.33. The zero-order valence-corrected chi connectivity index (χ0v) is 6.67. The molecule has 0 aromatic carbocycles. The standard InChI is InChI=1S/C7H14N2O2/c1-11-7(10)5-2-3-9-4-6(5)8/h5-6,9H,2-4,8H2,1H3/t5-,6+/m0/s1. The monoisotopic (exact) mass is 158 g/mol. The van der Waals surface area contributed by atoms with E-state index in [1.165, 1.54) is 7.11 Å². The zero-order chi connectivity index (χ0) is 8.27. The smallest absolute Gasteiger partial charge is 0.310 e. The summed E-state index contributed by atoms with van der Waals surface area (Å²) >= 11 is 0. The molecule has 1 rings (SSSR count). The first kappa shape index (κ1) is 8.49. The van der Waals surface area contributed by atoms with Crippen LogP contribution in [0.3, 0.4) is 0 Å². The van der Waals surface area contributed by atoms with Crippen LogP contribution in [0.5, 0.6) is 0 Å². The van der Waals surface area contributed by atoms with Gasteiger partial charge in [0, 0.05) is 12.6 Å². The molecule has 1 heterocycles. The Morgan fingerprint density at radius 2 is 2.45 bits per heavy atom. The summed E-state index contributed by atoms with van der Waals surface area (Å²) < 4.78 is 4.61. The molecular weight excluding hydrogens is 144 g/mol. The number of nitrogens with one attached hydrogen (secondary N) is 1. The third-order valence-electron chi connectivity index (χ3n) is 2.03. The average molecular weight is 158 g/mol. The number of carbonyl (C=O) groups is 1. The molecule has 0 radical (unpaired) electrons. The molecule has 0 aliphatic carbocycles. The molecule has 11 heavy (non-hydrogen) atoms. The molecule has 1 saturated heterocycles. The van der Waals surface area contributed by atoms with Crippen molar-refractivity contribution < 1.29 is 9.53 Å². The van der Waals surface area contributed by atoms with Gasteiger partial charge in [0.1, 0.15) is 0 Å². The van der Waals surface area contributed by atoms with Gasteiger partial charge in [0.05, 0.1) is 13.0 Å². The molecule has 3 N–H and O–H groups in total. The van der Waals surface area contributed by atoms with E-state index < -0.39 is 0 Å². The number of esters is 1. The number of nitrogens with two attached hydrogens (primary N) is 1. The van der Waals surface area contributed by atoms with Gasteiger partial charge in [-0.3, -0.25) is 4.79 Å². The second-order valence-electron chi connectivity index (χ2n) is 2.79. The summed E-state index contributed by atoms with van der Waals surface area (Å²) in [5, 5.41) is 3.11. The Bertz CT molecular complexity index is 149. The summed E-state index contributed by atoms with van der Waals surface area (Å²) in [5.74, 6) is -0.291. The SMILES string of the molecule is COC(=O)[C@H]1CCNC[C@H]1N. The summed E-state index contributed by atoms with van der Waals surface area (Å²) in [6.07, 6.45) is 0.786. The van der Waals surface area contributed by atoms with Crippen LogP contribution in [-0.2, 0) is 9.53 Å². The van der Waals surface area contributed by atoms with E-state index in [0.29, 0.717) is 6.54 Å². The molecule has 64 valence electrons. The summed E-state index contributed by atoms with van der Waals surface area (Å²) in [6.45, 7) is 1.56. The van der Waals surface area contributed by atoms with Gasteiger partial charge in [-0.2, -0.15) is 0 Å². The third kappa shape index (κ3) is 1.91. The average Bonchev–Trinajstić information content (AvgIpc) is 2.04. The van der Waals surface area contributed by atoms with Crippen LogP contribution in [0.15, 0.2) is 0 Å². The molecule has 1 aliphatic rings. The topological polar surface area (TPSA) is 64.3 Å². The molecule has 0 spiro atoms. The molecule has 0 aromatic heterocycles. The molecule has 2 atom stereocenters. The lowest BCUT2D eigenvalue weighted by atomic mass is 9.94. The Morgan fingerprint density at radius 1 is 1.73 bits per heavy atom. The minimum atomic E-state index is -0.181. The van der Waals surface area contributed by atoms with Gasteiger partial charge in [-0.25, -0.2) is 0 Å². The second-order valence-corrected chi connectivity index (χ2v) is 2.79. The highest BCUT2D eigenvalue weighted by Gasteiger charge is 2.28. The van der Waals surface area contributed by atoms with E-state index in [1.54, 1.807) is 0 Å². The van der Waals surface area contributed by atoms with Gasteiger partial charge in [-0.05, 0) is 13.0 Å². The number of piperidine rings is 1. The van der Waals surface area contributed by atoms with Crippen LogP contribution >= 0.6 is 0 Å². The van der Waals surface area contributed by atoms with Crippen LogP contribution in [0, 0.1) is 5.92 Å². The maximum atomic E-state index is 11.0. The fourth-order valence-electron chi connectivity index (χ4n) is 1.33. The van der Waals surface area contributed by atoms with Gasteiger partial charge in [-0.1, -0.05) is 0 Å². The van der Waals surface area contributed by atoms with Crippen molar-refractivity contribution in [3.05, 3.63) is 0 Å². The lowest BCUT2D eigenvalue weighted by Gasteiger charge is -2.26. The third-order valence-corrected chi connectivity index (χ3v) is 2.03. The zero-order valence-electron chi connectivity index (χ0n) is 6.67. The van der Waals surface area contributed by atoms with Crippen molar-refractivity contribution in [2.75, 3.05) is 20.2 Å². The number of ether oxygens (including phenoxy) is 1. The van der Waals surface area contributed by atoms with Gasteiger partial charge in [-0.15, -0.1) is 0 Å². The highest BCUT2D eigenvalue weighted by atomic mass is 16.5. The first-order valence-corrected chi connectivity index (χ1v) is 3.80. The van der Waals surface area contributed by atoms with Crippen molar-refractivity contribution >= 4 is 5.97 Å². The van der Waals surface area contributed by atoms with Gasteiger partial charge in [0.25, 0.3) is 0 Å². The van der Waals surface area contributed by atoms with Crippen LogP contribution < -0.4 is 11.1 Å². The van der Waals surface area contributed by atoms with E-state index in [1.807, 2.05) is 0 Å². The highest BCUT2D eigenvalue weighted by molar-refractivity contribution is 5.73. The summed E-state index contributed by atoms with van der Waals surface area (Å²) in [7, 11) is 1.40. The van der Waals surface area contributed by atoms with Crippen LogP contribution in [0.25, 0.3) is 0 Å². The quantitative estimate of drug-likeness (QED) is 0.485. The van der Waals surface area contributed by atoms with Gasteiger partial charge < -0.3 is 15.8 Å². The molecule has 1 fully saturated rings. The van der Waals surface area contributed by atoms with Crippen molar-refractivity contribution in [2.45, 2.75) is 12.5 Å². The van der Waals surface area contributed by atoms with Crippen LogP contribution in [0.4, 0.5) is 0 Å². The van der Waals surface area contributed by atoms with Crippen LogP contribution in [-0.4, -0.2) is 32.2 Å².